The van der Waals surface area contributed by atoms with Crippen molar-refractivity contribution in [3.05, 3.63) is 39.7 Å². The van der Waals surface area contributed by atoms with Crippen molar-refractivity contribution in [1.29, 1.82) is 0 Å². The summed E-state index contributed by atoms with van der Waals surface area (Å²) in [4.78, 5) is 21.1. The van der Waals surface area contributed by atoms with Gasteiger partial charge in [-0.1, -0.05) is 0 Å². The molecular formula is C13H15FN4OS. The number of aromatic nitrogens is 2. The minimum Gasteiger partial charge on any atom is -0.370 e. The number of hydrogen-bond donors (Lipinski definition) is 2. The molecule has 0 aliphatic carbocycles. The number of aryl methyl sites for hydroxylation is 1. The highest BCUT2D eigenvalue weighted by Crippen LogP contribution is 2.15. The molecule has 2 aromatic rings. The van der Waals surface area contributed by atoms with Crippen LogP contribution in [0.25, 0.3) is 0 Å². The Hall–Kier alpha value is -2.02. The fraction of sp³-hybridized carbons (Fsp3) is 0.308. The normalized spacial score (nSPS) is 10.3. The van der Waals surface area contributed by atoms with E-state index in [1.165, 1.54) is 17.4 Å². The second-order valence-electron chi connectivity index (χ2n) is 4.11. The Labute approximate surface area is 120 Å². The van der Waals surface area contributed by atoms with Gasteiger partial charge in [0, 0.05) is 17.6 Å². The molecule has 0 aliphatic rings. The molecule has 0 atom stereocenters. The first kappa shape index (κ1) is 14.4. The third kappa shape index (κ3) is 3.51. The smallest absolute Gasteiger partial charge is 0.255 e. The Bertz CT molecular complexity index is 614. The second kappa shape index (κ2) is 6.42. The van der Waals surface area contributed by atoms with Gasteiger partial charge in [0.1, 0.15) is 11.6 Å². The molecule has 7 heteroatoms. The van der Waals surface area contributed by atoms with E-state index >= 15 is 0 Å². The molecule has 2 N–H and O–H groups in total. The molecule has 0 radical (unpaired) electrons. The van der Waals surface area contributed by atoms with Gasteiger partial charge in [-0.15, -0.1) is 11.3 Å². The highest BCUT2D eigenvalue weighted by atomic mass is 32.1. The van der Waals surface area contributed by atoms with Crippen LogP contribution >= 0.6 is 11.3 Å². The predicted molar refractivity (Wildman–Crippen MR) is 76.4 cm³/mol. The molecule has 0 saturated carbocycles. The third-order valence-corrected chi connectivity index (χ3v) is 3.45. The molecule has 2 rings (SSSR count). The van der Waals surface area contributed by atoms with Gasteiger partial charge < -0.3 is 10.6 Å². The predicted octanol–water partition coefficient (Wildman–Crippen LogP) is 2.35. The van der Waals surface area contributed by atoms with Crippen molar-refractivity contribution < 1.29 is 9.18 Å². The first-order valence-electron chi connectivity index (χ1n) is 6.19. The fourth-order valence-electron chi connectivity index (χ4n) is 1.67. The standard InChI is InChI=1S/C13H15FN4OS/c1-3-15-12-11(4-9(14)5-17-12)13(19)18-7-10-6-16-8(2)20-10/h4-6H,3,7H2,1-2H3,(H,15,17)(H,18,19). The van der Waals surface area contributed by atoms with E-state index in [-0.39, 0.29) is 11.5 Å². The first-order valence-corrected chi connectivity index (χ1v) is 7.00. The van der Waals surface area contributed by atoms with Crippen molar-refractivity contribution in [2.24, 2.45) is 0 Å². The molecule has 0 aromatic carbocycles. The Morgan fingerprint density at radius 3 is 2.85 bits per heavy atom. The molecule has 0 spiro atoms. The quantitative estimate of drug-likeness (QED) is 0.888. The molecule has 2 heterocycles. The lowest BCUT2D eigenvalue weighted by Gasteiger charge is -2.09. The Kier molecular flexibility index (Phi) is 4.62. The molecule has 0 fully saturated rings. The third-order valence-electron chi connectivity index (χ3n) is 2.54. The van der Waals surface area contributed by atoms with Crippen LogP contribution in [0.2, 0.25) is 0 Å². The average molecular weight is 294 g/mol. The molecule has 0 saturated heterocycles. The Morgan fingerprint density at radius 1 is 1.40 bits per heavy atom. The van der Waals surface area contributed by atoms with E-state index in [2.05, 4.69) is 20.6 Å². The highest BCUT2D eigenvalue weighted by molar-refractivity contribution is 7.11. The van der Waals surface area contributed by atoms with E-state index in [4.69, 9.17) is 0 Å². The number of pyridine rings is 1. The summed E-state index contributed by atoms with van der Waals surface area (Å²) in [5.41, 5.74) is 0.202. The van der Waals surface area contributed by atoms with Gasteiger partial charge in [-0.05, 0) is 19.9 Å². The summed E-state index contributed by atoms with van der Waals surface area (Å²) in [6.07, 6.45) is 2.80. The van der Waals surface area contributed by atoms with Crippen LogP contribution in [-0.4, -0.2) is 22.4 Å². The van der Waals surface area contributed by atoms with E-state index in [0.717, 1.165) is 16.1 Å². The number of carbonyl (C=O) groups excluding carboxylic acids is 1. The average Bonchev–Trinajstić information content (AvgIpc) is 2.84. The lowest BCUT2D eigenvalue weighted by molar-refractivity contribution is 0.0951. The van der Waals surface area contributed by atoms with E-state index in [0.29, 0.717) is 18.9 Å². The summed E-state index contributed by atoms with van der Waals surface area (Å²) in [7, 11) is 0. The maximum atomic E-state index is 13.2. The number of nitrogens with zero attached hydrogens (tertiary/aromatic N) is 2. The number of carbonyl (C=O) groups is 1. The number of amides is 1. The molecule has 0 bridgehead atoms. The van der Waals surface area contributed by atoms with Crippen LogP contribution in [0, 0.1) is 12.7 Å². The van der Waals surface area contributed by atoms with Gasteiger partial charge in [0.05, 0.1) is 23.3 Å². The minimum atomic E-state index is -0.537. The van der Waals surface area contributed by atoms with Crippen molar-refractivity contribution in [2.45, 2.75) is 20.4 Å². The van der Waals surface area contributed by atoms with Gasteiger partial charge in [0.2, 0.25) is 0 Å². The zero-order chi connectivity index (χ0) is 14.5. The van der Waals surface area contributed by atoms with Gasteiger partial charge in [-0.3, -0.25) is 4.79 Å². The van der Waals surface area contributed by atoms with Crippen LogP contribution in [0.4, 0.5) is 10.2 Å². The number of halogens is 1. The highest BCUT2D eigenvalue weighted by Gasteiger charge is 2.13. The molecular weight excluding hydrogens is 279 g/mol. The zero-order valence-electron chi connectivity index (χ0n) is 11.2. The molecule has 106 valence electrons. The van der Waals surface area contributed by atoms with Crippen molar-refractivity contribution in [2.75, 3.05) is 11.9 Å². The summed E-state index contributed by atoms with van der Waals surface area (Å²) in [6.45, 7) is 4.75. The van der Waals surface area contributed by atoms with Gasteiger partial charge in [-0.25, -0.2) is 14.4 Å². The van der Waals surface area contributed by atoms with E-state index in [9.17, 15) is 9.18 Å². The van der Waals surface area contributed by atoms with Crippen LogP contribution in [0.15, 0.2) is 18.5 Å². The SMILES string of the molecule is CCNc1ncc(F)cc1C(=O)NCc1cnc(C)s1. The van der Waals surface area contributed by atoms with Crippen LogP contribution in [0.1, 0.15) is 27.2 Å². The van der Waals surface area contributed by atoms with Crippen LogP contribution < -0.4 is 10.6 Å². The van der Waals surface area contributed by atoms with E-state index < -0.39 is 5.82 Å². The Balaban J connectivity index is 2.09. The molecule has 0 unspecified atom stereocenters. The first-order chi connectivity index (χ1) is 9.60. The van der Waals surface area contributed by atoms with Crippen LogP contribution in [0.3, 0.4) is 0 Å². The largest absolute Gasteiger partial charge is 0.370 e. The molecule has 2 aromatic heterocycles. The van der Waals surface area contributed by atoms with Crippen molar-refractivity contribution in [3.8, 4) is 0 Å². The lowest BCUT2D eigenvalue weighted by atomic mass is 10.2. The number of nitrogens with one attached hydrogen (secondary N) is 2. The Morgan fingerprint density at radius 2 is 2.20 bits per heavy atom. The van der Waals surface area contributed by atoms with Gasteiger partial charge >= 0.3 is 0 Å². The van der Waals surface area contributed by atoms with Crippen molar-refractivity contribution in [3.63, 3.8) is 0 Å². The number of thiazole rings is 1. The minimum absolute atomic E-state index is 0.202. The van der Waals surface area contributed by atoms with Gasteiger partial charge in [0.25, 0.3) is 5.91 Å². The van der Waals surface area contributed by atoms with E-state index in [1.54, 1.807) is 6.20 Å². The summed E-state index contributed by atoms with van der Waals surface area (Å²) >= 11 is 1.51. The summed E-state index contributed by atoms with van der Waals surface area (Å²) < 4.78 is 13.2. The number of hydrogen-bond acceptors (Lipinski definition) is 5. The topological polar surface area (TPSA) is 66.9 Å². The number of rotatable bonds is 5. The molecule has 5 nitrogen and oxygen atoms in total. The second-order valence-corrected chi connectivity index (χ2v) is 5.43. The number of anilines is 1. The molecule has 20 heavy (non-hydrogen) atoms. The van der Waals surface area contributed by atoms with Crippen molar-refractivity contribution >= 4 is 23.1 Å². The maximum Gasteiger partial charge on any atom is 0.255 e. The van der Waals surface area contributed by atoms with Gasteiger partial charge in [0.15, 0.2) is 0 Å². The van der Waals surface area contributed by atoms with Crippen molar-refractivity contribution in [1.82, 2.24) is 15.3 Å². The summed E-state index contributed by atoms with van der Waals surface area (Å²) in [5, 5.41) is 6.62. The summed E-state index contributed by atoms with van der Waals surface area (Å²) in [6, 6.07) is 1.18. The lowest BCUT2D eigenvalue weighted by Crippen LogP contribution is -2.24. The summed E-state index contributed by atoms with van der Waals surface area (Å²) in [5.74, 6) is -0.517. The molecule has 1 amide bonds. The monoisotopic (exact) mass is 294 g/mol. The van der Waals surface area contributed by atoms with Crippen LogP contribution in [0.5, 0.6) is 0 Å². The van der Waals surface area contributed by atoms with Gasteiger partial charge in [-0.2, -0.15) is 0 Å². The fourth-order valence-corrected chi connectivity index (χ4v) is 2.40. The maximum absolute atomic E-state index is 13.2. The zero-order valence-corrected chi connectivity index (χ0v) is 12.1. The molecule has 0 aliphatic heterocycles. The van der Waals surface area contributed by atoms with E-state index in [1.807, 2.05) is 13.8 Å². The van der Waals surface area contributed by atoms with Crippen LogP contribution in [-0.2, 0) is 6.54 Å².